The van der Waals surface area contributed by atoms with Gasteiger partial charge in [-0.25, -0.2) is 0 Å². The molecule has 104 valence electrons. The van der Waals surface area contributed by atoms with Crippen molar-refractivity contribution >= 4 is 5.91 Å². The van der Waals surface area contributed by atoms with Gasteiger partial charge in [0.2, 0.25) is 5.91 Å². The molecule has 19 heavy (non-hydrogen) atoms. The van der Waals surface area contributed by atoms with Crippen LogP contribution in [0.15, 0.2) is 30.3 Å². The zero-order valence-electron chi connectivity index (χ0n) is 11.7. The lowest BCUT2D eigenvalue weighted by Crippen LogP contribution is -2.36. The fraction of sp³-hybridized carbons (Fsp3) is 0.562. The number of nitrogens with two attached hydrogens (primary N) is 1. The van der Waals surface area contributed by atoms with Crippen molar-refractivity contribution in [2.75, 3.05) is 13.1 Å². The highest BCUT2D eigenvalue weighted by atomic mass is 16.1. The van der Waals surface area contributed by atoms with Crippen molar-refractivity contribution in [1.82, 2.24) is 5.32 Å². The molecule has 1 aliphatic rings. The summed E-state index contributed by atoms with van der Waals surface area (Å²) in [6.07, 6.45) is 4.90. The lowest BCUT2D eigenvalue weighted by molar-refractivity contribution is -0.122. The van der Waals surface area contributed by atoms with E-state index >= 15 is 0 Å². The Bertz CT molecular complexity index is 412. The van der Waals surface area contributed by atoms with Crippen molar-refractivity contribution in [1.29, 1.82) is 0 Å². The standard InChI is InChI=1S/C16H24N2O/c1-2-8-16(9-10-16)12-18-15(19)14(11-17)13-6-4-3-5-7-13/h3-7,14H,2,8-12,17H2,1H3,(H,18,19). The molecule has 1 aliphatic carbocycles. The Morgan fingerprint density at radius 3 is 2.58 bits per heavy atom. The molecule has 0 saturated heterocycles. The number of amides is 1. The van der Waals surface area contributed by atoms with Crippen LogP contribution in [-0.2, 0) is 4.79 Å². The topological polar surface area (TPSA) is 55.1 Å². The molecule has 1 amide bonds. The number of hydrogen-bond acceptors (Lipinski definition) is 2. The molecular formula is C16H24N2O. The summed E-state index contributed by atoms with van der Waals surface area (Å²) in [5.74, 6) is -0.158. The molecule has 1 saturated carbocycles. The smallest absolute Gasteiger partial charge is 0.228 e. The second-order valence-corrected chi connectivity index (χ2v) is 5.67. The summed E-state index contributed by atoms with van der Waals surface area (Å²) in [6.45, 7) is 3.37. The first-order chi connectivity index (χ1) is 9.21. The monoisotopic (exact) mass is 260 g/mol. The highest BCUT2D eigenvalue weighted by Crippen LogP contribution is 2.48. The zero-order valence-corrected chi connectivity index (χ0v) is 11.7. The SMILES string of the molecule is CCCC1(CNC(=O)C(CN)c2ccccc2)CC1. The van der Waals surface area contributed by atoms with Gasteiger partial charge >= 0.3 is 0 Å². The number of carbonyl (C=O) groups excluding carboxylic acids is 1. The van der Waals surface area contributed by atoms with Gasteiger partial charge in [-0.3, -0.25) is 4.79 Å². The van der Waals surface area contributed by atoms with E-state index in [4.69, 9.17) is 5.73 Å². The molecular weight excluding hydrogens is 236 g/mol. The first-order valence-electron chi connectivity index (χ1n) is 7.23. The van der Waals surface area contributed by atoms with Crippen LogP contribution in [0.5, 0.6) is 0 Å². The van der Waals surface area contributed by atoms with Crippen molar-refractivity contribution in [3.8, 4) is 0 Å². The minimum atomic E-state index is -0.223. The van der Waals surface area contributed by atoms with Crippen LogP contribution in [0.1, 0.15) is 44.1 Å². The molecule has 0 aromatic heterocycles. The largest absolute Gasteiger partial charge is 0.355 e. The lowest BCUT2D eigenvalue weighted by atomic mass is 9.97. The van der Waals surface area contributed by atoms with E-state index in [1.165, 1.54) is 25.7 Å². The van der Waals surface area contributed by atoms with Crippen LogP contribution in [0.25, 0.3) is 0 Å². The number of carbonyl (C=O) groups is 1. The zero-order chi connectivity index (χ0) is 13.7. The van der Waals surface area contributed by atoms with Gasteiger partial charge in [0.15, 0.2) is 0 Å². The van der Waals surface area contributed by atoms with Crippen LogP contribution in [0.4, 0.5) is 0 Å². The van der Waals surface area contributed by atoms with Gasteiger partial charge in [-0.1, -0.05) is 43.7 Å². The van der Waals surface area contributed by atoms with Crippen LogP contribution in [0.2, 0.25) is 0 Å². The Balaban J connectivity index is 1.91. The molecule has 0 heterocycles. The van der Waals surface area contributed by atoms with E-state index in [2.05, 4.69) is 12.2 Å². The first kappa shape index (κ1) is 14.1. The predicted molar refractivity (Wildman–Crippen MR) is 77.8 cm³/mol. The average molecular weight is 260 g/mol. The number of benzene rings is 1. The molecule has 1 atom stereocenters. The van der Waals surface area contributed by atoms with E-state index in [0.29, 0.717) is 12.0 Å². The van der Waals surface area contributed by atoms with E-state index in [0.717, 1.165) is 12.1 Å². The lowest BCUT2D eigenvalue weighted by Gasteiger charge is -2.19. The maximum absolute atomic E-state index is 12.3. The quantitative estimate of drug-likeness (QED) is 0.791. The highest BCUT2D eigenvalue weighted by molar-refractivity contribution is 5.83. The van der Waals surface area contributed by atoms with Crippen LogP contribution in [-0.4, -0.2) is 19.0 Å². The number of rotatable bonds is 7. The summed E-state index contributed by atoms with van der Waals surface area (Å²) in [7, 11) is 0. The molecule has 0 aliphatic heterocycles. The van der Waals surface area contributed by atoms with Gasteiger partial charge in [0.25, 0.3) is 0 Å². The van der Waals surface area contributed by atoms with Crippen LogP contribution < -0.4 is 11.1 Å². The molecule has 0 radical (unpaired) electrons. The second-order valence-electron chi connectivity index (χ2n) is 5.67. The van der Waals surface area contributed by atoms with Crippen LogP contribution >= 0.6 is 0 Å². The Morgan fingerprint density at radius 1 is 1.37 bits per heavy atom. The van der Waals surface area contributed by atoms with Crippen molar-refractivity contribution in [3.05, 3.63) is 35.9 Å². The second kappa shape index (κ2) is 6.20. The van der Waals surface area contributed by atoms with E-state index in [1.54, 1.807) is 0 Å². The Labute approximate surface area is 115 Å². The van der Waals surface area contributed by atoms with Crippen molar-refractivity contribution in [3.63, 3.8) is 0 Å². The van der Waals surface area contributed by atoms with Crippen LogP contribution in [0.3, 0.4) is 0 Å². The van der Waals surface area contributed by atoms with E-state index in [9.17, 15) is 4.79 Å². The Hall–Kier alpha value is -1.35. The fourth-order valence-electron chi connectivity index (χ4n) is 2.70. The Morgan fingerprint density at radius 2 is 2.05 bits per heavy atom. The molecule has 1 fully saturated rings. The highest BCUT2D eigenvalue weighted by Gasteiger charge is 2.41. The molecule has 0 spiro atoms. The van der Waals surface area contributed by atoms with Crippen molar-refractivity contribution < 1.29 is 4.79 Å². The minimum Gasteiger partial charge on any atom is -0.355 e. The van der Waals surface area contributed by atoms with Gasteiger partial charge in [-0.2, -0.15) is 0 Å². The molecule has 0 bridgehead atoms. The van der Waals surface area contributed by atoms with E-state index in [-0.39, 0.29) is 11.8 Å². The summed E-state index contributed by atoms with van der Waals surface area (Å²) < 4.78 is 0. The van der Waals surface area contributed by atoms with Gasteiger partial charge in [0.05, 0.1) is 5.92 Å². The molecule has 1 aromatic carbocycles. The summed E-state index contributed by atoms with van der Waals surface area (Å²) in [6, 6.07) is 9.79. The molecule has 3 heteroatoms. The van der Waals surface area contributed by atoms with Crippen molar-refractivity contribution in [2.24, 2.45) is 11.1 Å². The molecule has 1 aromatic rings. The predicted octanol–water partition coefficient (Wildman–Crippen LogP) is 2.43. The third kappa shape index (κ3) is 3.57. The normalized spacial score (nSPS) is 17.8. The summed E-state index contributed by atoms with van der Waals surface area (Å²) >= 11 is 0. The first-order valence-corrected chi connectivity index (χ1v) is 7.23. The summed E-state index contributed by atoms with van der Waals surface area (Å²) in [5, 5.41) is 3.10. The third-order valence-electron chi connectivity index (χ3n) is 4.13. The number of hydrogen-bond donors (Lipinski definition) is 2. The molecule has 2 rings (SSSR count). The number of nitrogens with one attached hydrogen (secondary N) is 1. The maximum Gasteiger partial charge on any atom is 0.228 e. The maximum atomic E-state index is 12.3. The van der Waals surface area contributed by atoms with E-state index in [1.807, 2.05) is 30.3 Å². The average Bonchev–Trinajstić information content (AvgIpc) is 3.19. The summed E-state index contributed by atoms with van der Waals surface area (Å²) in [4.78, 5) is 12.3. The van der Waals surface area contributed by atoms with E-state index < -0.39 is 0 Å². The Kier molecular flexibility index (Phi) is 4.59. The molecule has 3 nitrogen and oxygen atoms in total. The van der Waals surface area contributed by atoms with Gasteiger partial charge in [-0.15, -0.1) is 0 Å². The fourth-order valence-corrected chi connectivity index (χ4v) is 2.70. The summed E-state index contributed by atoms with van der Waals surface area (Å²) in [5.41, 5.74) is 7.15. The van der Waals surface area contributed by atoms with Crippen LogP contribution in [0, 0.1) is 5.41 Å². The van der Waals surface area contributed by atoms with Gasteiger partial charge in [0.1, 0.15) is 0 Å². The molecule has 3 N–H and O–H groups in total. The van der Waals surface area contributed by atoms with Gasteiger partial charge < -0.3 is 11.1 Å². The minimum absolute atomic E-state index is 0.0658. The van der Waals surface area contributed by atoms with Gasteiger partial charge in [-0.05, 0) is 30.2 Å². The molecule has 1 unspecified atom stereocenters. The van der Waals surface area contributed by atoms with Crippen molar-refractivity contribution in [2.45, 2.75) is 38.5 Å². The third-order valence-corrected chi connectivity index (χ3v) is 4.13. The van der Waals surface area contributed by atoms with Gasteiger partial charge in [0, 0.05) is 13.1 Å².